The average molecular weight is 326 g/mol. The van der Waals surface area contributed by atoms with E-state index in [9.17, 15) is 9.59 Å². The van der Waals surface area contributed by atoms with E-state index in [1.54, 1.807) is 12.3 Å². The van der Waals surface area contributed by atoms with Crippen molar-refractivity contribution in [2.24, 2.45) is 0 Å². The Labute approximate surface area is 141 Å². The van der Waals surface area contributed by atoms with Gasteiger partial charge in [0, 0.05) is 25.4 Å². The number of hydrogen-bond donors (Lipinski definition) is 1. The number of nitrogens with one attached hydrogen (secondary N) is 1. The smallest absolute Gasteiger partial charge is 0.260 e. The van der Waals surface area contributed by atoms with Crippen LogP contribution in [0.4, 0.5) is 0 Å². The summed E-state index contributed by atoms with van der Waals surface area (Å²) in [5.41, 5.74) is 2.15. The first kappa shape index (κ1) is 16.3. The van der Waals surface area contributed by atoms with Gasteiger partial charge in [-0.1, -0.05) is 17.7 Å². The van der Waals surface area contributed by atoms with Crippen LogP contribution in [0.2, 0.25) is 0 Å². The van der Waals surface area contributed by atoms with Crippen LogP contribution in [0, 0.1) is 6.92 Å². The number of nitrogens with zero attached hydrogens (tertiary/aromatic N) is 1. The monoisotopic (exact) mass is 326 g/mol. The molecule has 1 fully saturated rings. The molecule has 1 aromatic carbocycles. The van der Waals surface area contributed by atoms with Crippen LogP contribution in [-0.4, -0.2) is 35.5 Å². The van der Waals surface area contributed by atoms with Crippen LogP contribution in [0.25, 0.3) is 0 Å². The van der Waals surface area contributed by atoms with Crippen LogP contribution in [-0.2, 0) is 4.79 Å². The summed E-state index contributed by atoms with van der Waals surface area (Å²) < 4.78 is 5.57. The zero-order valence-electron chi connectivity index (χ0n) is 13.8. The molecular formula is C19H22N2O3. The number of H-pyrrole nitrogens is 1. The molecule has 0 bridgehead atoms. The van der Waals surface area contributed by atoms with E-state index in [2.05, 4.69) is 4.98 Å². The van der Waals surface area contributed by atoms with E-state index in [0.717, 1.165) is 24.0 Å². The molecule has 2 aromatic rings. The molecule has 1 N–H and O–H groups in total. The highest BCUT2D eigenvalue weighted by molar-refractivity contribution is 5.77. The number of carbonyl (C=O) groups is 1. The van der Waals surface area contributed by atoms with Gasteiger partial charge in [-0.05, 0) is 49.4 Å². The van der Waals surface area contributed by atoms with Gasteiger partial charge in [0.05, 0.1) is 0 Å². The second-order valence-electron chi connectivity index (χ2n) is 6.24. The summed E-state index contributed by atoms with van der Waals surface area (Å²) in [7, 11) is 0. The Morgan fingerprint density at radius 2 is 1.92 bits per heavy atom. The molecule has 2 heterocycles. The number of aryl methyl sites for hydroxylation is 1. The van der Waals surface area contributed by atoms with E-state index in [4.69, 9.17) is 4.74 Å². The molecule has 0 atom stereocenters. The number of aromatic nitrogens is 1. The third-order valence-electron chi connectivity index (χ3n) is 4.50. The lowest BCUT2D eigenvalue weighted by Crippen LogP contribution is -2.40. The zero-order chi connectivity index (χ0) is 16.9. The minimum atomic E-state index is -0.0718. The Morgan fingerprint density at radius 3 is 2.58 bits per heavy atom. The summed E-state index contributed by atoms with van der Waals surface area (Å²) >= 11 is 0. The van der Waals surface area contributed by atoms with Crippen LogP contribution in [0.3, 0.4) is 0 Å². The third kappa shape index (κ3) is 4.04. The lowest BCUT2D eigenvalue weighted by atomic mass is 9.90. The lowest BCUT2D eigenvalue weighted by molar-refractivity contribution is -0.134. The number of aromatic amines is 1. The molecule has 126 valence electrons. The number of hydrogen-bond acceptors (Lipinski definition) is 3. The van der Waals surface area contributed by atoms with E-state index in [-0.39, 0.29) is 18.1 Å². The number of amides is 1. The zero-order valence-corrected chi connectivity index (χ0v) is 13.8. The van der Waals surface area contributed by atoms with Gasteiger partial charge in [0.15, 0.2) is 6.61 Å². The standard InChI is InChI=1S/C19H22N2O3/c1-14-2-4-17(5-3-14)24-13-19(23)21-10-7-15(8-11-21)16-6-9-20-18(22)12-16/h2-6,9,12,15H,7-8,10-11,13H2,1H3,(H,20,22). The molecule has 1 amide bonds. The maximum absolute atomic E-state index is 12.3. The van der Waals surface area contributed by atoms with Gasteiger partial charge in [-0.3, -0.25) is 9.59 Å². The maximum Gasteiger partial charge on any atom is 0.260 e. The van der Waals surface area contributed by atoms with Gasteiger partial charge in [-0.2, -0.15) is 0 Å². The number of likely N-dealkylation sites (tertiary alicyclic amines) is 1. The van der Waals surface area contributed by atoms with Crippen molar-refractivity contribution in [3.05, 3.63) is 64.1 Å². The first-order valence-corrected chi connectivity index (χ1v) is 8.28. The van der Waals surface area contributed by atoms with Gasteiger partial charge < -0.3 is 14.6 Å². The number of rotatable bonds is 4. The Balaban J connectivity index is 1.50. The molecule has 0 saturated carbocycles. The van der Waals surface area contributed by atoms with Crippen LogP contribution < -0.4 is 10.3 Å². The van der Waals surface area contributed by atoms with Crippen molar-refractivity contribution >= 4 is 5.91 Å². The molecular weight excluding hydrogens is 304 g/mol. The van der Waals surface area contributed by atoms with Crippen molar-refractivity contribution < 1.29 is 9.53 Å². The van der Waals surface area contributed by atoms with E-state index in [1.165, 1.54) is 0 Å². The third-order valence-corrected chi connectivity index (χ3v) is 4.50. The molecule has 0 spiro atoms. The van der Waals surface area contributed by atoms with E-state index in [1.807, 2.05) is 42.2 Å². The maximum atomic E-state index is 12.3. The number of pyridine rings is 1. The van der Waals surface area contributed by atoms with Crippen molar-refractivity contribution in [1.29, 1.82) is 0 Å². The summed E-state index contributed by atoms with van der Waals surface area (Å²) in [6, 6.07) is 11.3. The first-order valence-electron chi connectivity index (χ1n) is 8.28. The number of benzene rings is 1. The highest BCUT2D eigenvalue weighted by atomic mass is 16.5. The highest BCUT2D eigenvalue weighted by Gasteiger charge is 2.24. The van der Waals surface area contributed by atoms with Crippen LogP contribution in [0.1, 0.15) is 29.9 Å². The van der Waals surface area contributed by atoms with Crippen molar-refractivity contribution in [2.45, 2.75) is 25.7 Å². The number of ether oxygens (including phenoxy) is 1. The summed E-state index contributed by atoms with van der Waals surface area (Å²) in [6.07, 6.45) is 3.43. The Morgan fingerprint density at radius 1 is 1.21 bits per heavy atom. The van der Waals surface area contributed by atoms with Gasteiger partial charge in [0.25, 0.3) is 5.91 Å². The van der Waals surface area contributed by atoms with Crippen LogP contribution >= 0.6 is 0 Å². The van der Waals surface area contributed by atoms with Gasteiger partial charge in [0.2, 0.25) is 5.56 Å². The number of piperidine rings is 1. The van der Waals surface area contributed by atoms with Gasteiger partial charge in [-0.25, -0.2) is 0 Å². The fraction of sp³-hybridized carbons (Fsp3) is 0.368. The van der Waals surface area contributed by atoms with E-state index in [0.29, 0.717) is 24.8 Å². The molecule has 3 rings (SSSR count). The normalized spacial score (nSPS) is 15.3. The molecule has 1 aromatic heterocycles. The predicted molar refractivity (Wildman–Crippen MR) is 92.3 cm³/mol. The minimum absolute atomic E-state index is 0.0138. The van der Waals surface area contributed by atoms with Crippen molar-refractivity contribution in [3.63, 3.8) is 0 Å². The largest absolute Gasteiger partial charge is 0.484 e. The quantitative estimate of drug-likeness (QED) is 0.939. The van der Waals surface area contributed by atoms with E-state index < -0.39 is 0 Å². The first-order chi connectivity index (χ1) is 11.6. The average Bonchev–Trinajstić information content (AvgIpc) is 2.61. The molecule has 5 nitrogen and oxygen atoms in total. The number of carbonyl (C=O) groups excluding carboxylic acids is 1. The topological polar surface area (TPSA) is 62.4 Å². The van der Waals surface area contributed by atoms with Crippen LogP contribution in [0.15, 0.2) is 47.4 Å². The Hall–Kier alpha value is -2.56. The molecule has 1 aliphatic heterocycles. The molecule has 1 aliphatic rings. The fourth-order valence-electron chi connectivity index (χ4n) is 3.05. The Kier molecular flexibility index (Phi) is 4.99. The summed E-state index contributed by atoms with van der Waals surface area (Å²) in [5.74, 6) is 1.07. The fourth-order valence-corrected chi connectivity index (χ4v) is 3.05. The second-order valence-corrected chi connectivity index (χ2v) is 6.24. The highest BCUT2D eigenvalue weighted by Crippen LogP contribution is 2.27. The molecule has 24 heavy (non-hydrogen) atoms. The van der Waals surface area contributed by atoms with Gasteiger partial charge in [-0.15, -0.1) is 0 Å². The van der Waals surface area contributed by atoms with Gasteiger partial charge in [0.1, 0.15) is 5.75 Å². The second kappa shape index (κ2) is 7.34. The van der Waals surface area contributed by atoms with E-state index >= 15 is 0 Å². The van der Waals surface area contributed by atoms with Crippen LogP contribution in [0.5, 0.6) is 5.75 Å². The SMILES string of the molecule is Cc1ccc(OCC(=O)N2CCC(c3cc[nH]c(=O)c3)CC2)cc1. The molecule has 1 saturated heterocycles. The molecule has 5 heteroatoms. The van der Waals surface area contributed by atoms with Crippen molar-refractivity contribution in [3.8, 4) is 5.75 Å². The summed E-state index contributed by atoms with van der Waals surface area (Å²) in [5, 5.41) is 0. The Bertz CT molecular complexity index is 744. The van der Waals surface area contributed by atoms with Crippen molar-refractivity contribution in [1.82, 2.24) is 9.88 Å². The lowest BCUT2D eigenvalue weighted by Gasteiger charge is -2.32. The predicted octanol–water partition coefficient (Wildman–Crippen LogP) is 2.47. The molecule has 0 radical (unpaired) electrons. The van der Waals surface area contributed by atoms with Crippen molar-refractivity contribution in [2.75, 3.05) is 19.7 Å². The summed E-state index contributed by atoms with van der Waals surface area (Å²) in [4.78, 5) is 28.2. The van der Waals surface area contributed by atoms with Gasteiger partial charge >= 0.3 is 0 Å². The minimum Gasteiger partial charge on any atom is -0.484 e. The summed E-state index contributed by atoms with van der Waals surface area (Å²) in [6.45, 7) is 3.49. The molecule has 0 unspecified atom stereocenters. The molecule has 0 aliphatic carbocycles.